The van der Waals surface area contributed by atoms with Crippen molar-refractivity contribution in [3.05, 3.63) is 0 Å². The van der Waals surface area contributed by atoms with Crippen molar-refractivity contribution in [1.82, 2.24) is 5.32 Å². The van der Waals surface area contributed by atoms with E-state index in [9.17, 15) is 14.7 Å². The Balaban J connectivity index is 1.90. The van der Waals surface area contributed by atoms with E-state index in [4.69, 9.17) is 0 Å². The van der Waals surface area contributed by atoms with Crippen LogP contribution in [-0.4, -0.2) is 35.0 Å². The lowest BCUT2D eigenvalue weighted by atomic mass is 9.70. The molecule has 1 saturated heterocycles. The maximum absolute atomic E-state index is 12.0. The van der Waals surface area contributed by atoms with Crippen LogP contribution in [0.5, 0.6) is 0 Å². The summed E-state index contributed by atoms with van der Waals surface area (Å²) in [5, 5.41) is 12.4. The van der Waals surface area contributed by atoms with Gasteiger partial charge in [0.05, 0.1) is 5.41 Å². The van der Waals surface area contributed by atoms with Crippen LogP contribution >= 0.6 is 11.8 Å². The zero-order valence-electron chi connectivity index (χ0n) is 11.5. The fourth-order valence-electron chi connectivity index (χ4n) is 2.92. The Hall–Kier alpha value is -0.710. The van der Waals surface area contributed by atoms with E-state index in [1.54, 1.807) is 11.8 Å². The van der Waals surface area contributed by atoms with Gasteiger partial charge in [-0.15, -0.1) is 0 Å². The molecule has 2 rings (SSSR count). The molecule has 2 fully saturated rings. The van der Waals surface area contributed by atoms with Crippen LogP contribution in [-0.2, 0) is 9.59 Å². The number of carbonyl (C=O) groups is 2. The Bertz CT molecular complexity index is 345. The van der Waals surface area contributed by atoms with Gasteiger partial charge in [-0.25, -0.2) is 0 Å². The van der Waals surface area contributed by atoms with Gasteiger partial charge in [-0.2, -0.15) is 11.8 Å². The van der Waals surface area contributed by atoms with E-state index < -0.39 is 11.4 Å². The average molecular weight is 285 g/mol. The molecule has 5 heteroatoms. The summed E-state index contributed by atoms with van der Waals surface area (Å²) < 4.78 is 0. The summed E-state index contributed by atoms with van der Waals surface area (Å²) in [5.74, 6) is 1.90. The van der Waals surface area contributed by atoms with Gasteiger partial charge >= 0.3 is 5.97 Å². The summed E-state index contributed by atoms with van der Waals surface area (Å²) in [5.41, 5.74) is -0.728. The highest BCUT2D eigenvalue weighted by atomic mass is 32.2. The lowest BCUT2D eigenvalue weighted by Crippen LogP contribution is -2.46. The summed E-state index contributed by atoms with van der Waals surface area (Å²) in [6, 6.07) is 0. The van der Waals surface area contributed by atoms with E-state index in [0.717, 1.165) is 30.8 Å². The molecular formula is C14H23NO3S. The van der Waals surface area contributed by atoms with E-state index in [0.29, 0.717) is 25.3 Å². The molecule has 0 spiro atoms. The summed E-state index contributed by atoms with van der Waals surface area (Å²) >= 11 is 1.80. The Morgan fingerprint density at radius 1 is 1.32 bits per heavy atom. The Labute approximate surface area is 118 Å². The molecule has 1 unspecified atom stereocenters. The molecular weight excluding hydrogens is 262 g/mol. The number of carboxylic acid groups (broad SMARTS) is 1. The van der Waals surface area contributed by atoms with Gasteiger partial charge in [0.25, 0.3) is 0 Å². The number of nitrogens with one attached hydrogen (secondary N) is 1. The van der Waals surface area contributed by atoms with Crippen molar-refractivity contribution in [2.45, 2.75) is 39.0 Å². The van der Waals surface area contributed by atoms with Crippen LogP contribution in [0.4, 0.5) is 0 Å². The van der Waals surface area contributed by atoms with Crippen molar-refractivity contribution < 1.29 is 14.7 Å². The van der Waals surface area contributed by atoms with Gasteiger partial charge in [0.1, 0.15) is 0 Å². The number of rotatable bonds is 4. The minimum Gasteiger partial charge on any atom is -0.481 e. The molecule has 0 bridgehead atoms. The lowest BCUT2D eigenvalue weighted by molar-refractivity contribution is -0.151. The molecule has 1 aliphatic carbocycles. The highest BCUT2D eigenvalue weighted by molar-refractivity contribution is 7.99. The molecule has 108 valence electrons. The van der Waals surface area contributed by atoms with Crippen molar-refractivity contribution in [1.29, 1.82) is 0 Å². The number of carbonyl (C=O) groups excluding carboxylic acids is 1. The quantitative estimate of drug-likeness (QED) is 0.830. The second-order valence-electron chi connectivity index (χ2n) is 6.05. The smallest absolute Gasteiger partial charge is 0.311 e. The predicted octanol–water partition coefficient (Wildman–Crippen LogP) is 2.14. The highest BCUT2D eigenvalue weighted by Gasteiger charge is 2.41. The molecule has 0 aromatic rings. The highest BCUT2D eigenvalue weighted by Crippen LogP contribution is 2.38. The van der Waals surface area contributed by atoms with E-state index in [1.165, 1.54) is 0 Å². The summed E-state index contributed by atoms with van der Waals surface area (Å²) in [4.78, 5) is 23.6. The third kappa shape index (κ3) is 3.44. The van der Waals surface area contributed by atoms with Crippen molar-refractivity contribution in [2.24, 2.45) is 17.3 Å². The van der Waals surface area contributed by atoms with Crippen molar-refractivity contribution in [3.8, 4) is 0 Å². The number of amides is 1. The number of thioether (sulfide) groups is 1. The third-order valence-electron chi connectivity index (χ3n) is 4.59. The van der Waals surface area contributed by atoms with Gasteiger partial charge < -0.3 is 10.4 Å². The van der Waals surface area contributed by atoms with Gasteiger partial charge in [-0.1, -0.05) is 6.92 Å². The maximum atomic E-state index is 12.0. The van der Waals surface area contributed by atoms with Gasteiger partial charge in [0.2, 0.25) is 5.91 Å². The van der Waals surface area contributed by atoms with Crippen LogP contribution in [0.25, 0.3) is 0 Å². The maximum Gasteiger partial charge on any atom is 0.311 e. The van der Waals surface area contributed by atoms with Gasteiger partial charge in [0.15, 0.2) is 0 Å². The first kappa shape index (κ1) is 14.7. The Kier molecular flexibility index (Phi) is 4.76. The van der Waals surface area contributed by atoms with Crippen LogP contribution in [0.2, 0.25) is 0 Å². The molecule has 0 radical (unpaired) electrons. The van der Waals surface area contributed by atoms with E-state index >= 15 is 0 Å². The first-order chi connectivity index (χ1) is 9.03. The molecule has 4 nitrogen and oxygen atoms in total. The third-order valence-corrected chi connectivity index (χ3v) is 5.75. The SMILES string of the molecule is CC1CCC(CNC(=O)C2CCSC2)(C(=O)O)CC1. The van der Waals surface area contributed by atoms with Crippen LogP contribution in [0.15, 0.2) is 0 Å². The predicted molar refractivity (Wildman–Crippen MR) is 76.1 cm³/mol. The summed E-state index contributed by atoms with van der Waals surface area (Å²) in [6.07, 6.45) is 4.18. The minimum absolute atomic E-state index is 0.0456. The van der Waals surface area contributed by atoms with Gasteiger partial charge in [0, 0.05) is 18.2 Å². The van der Waals surface area contributed by atoms with E-state index in [2.05, 4.69) is 12.2 Å². The largest absolute Gasteiger partial charge is 0.481 e. The number of aliphatic carboxylic acids is 1. The fraction of sp³-hybridized carbons (Fsp3) is 0.857. The fourth-order valence-corrected chi connectivity index (χ4v) is 4.14. The lowest BCUT2D eigenvalue weighted by Gasteiger charge is -2.36. The van der Waals surface area contributed by atoms with Gasteiger partial charge in [-0.05, 0) is 43.8 Å². The zero-order valence-corrected chi connectivity index (χ0v) is 12.3. The standard InChI is InChI=1S/C14H23NO3S/c1-10-2-5-14(6-3-10,13(17)18)9-15-12(16)11-4-7-19-8-11/h10-11H,2-9H2,1H3,(H,15,16)(H,17,18). The molecule has 1 saturated carbocycles. The Morgan fingerprint density at radius 3 is 2.53 bits per heavy atom. The molecule has 0 aromatic heterocycles. The molecule has 19 heavy (non-hydrogen) atoms. The van der Waals surface area contributed by atoms with Crippen LogP contribution < -0.4 is 5.32 Å². The average Bonchev–Trinajstić information content (AvgIpc) is 2.92. The monoisotopic (exact) mass is 285 g/mol. The first-order valence-electron chi connectivity index (χ1n) is 7.12. The molecule has 2 N–H and O–H groups in total. The van der Waals surface area contributed by atoms with E-state index in [-0.39, 0.29) is 11.8 Å². The topological polar surface area (TPSA) is 66.4 Å². The van der Waals surface area contributed by atoms with Crippen LogP contribution in [0, 0.1) is 17.3 Å². The van der Waals surface area contributed by atoms with Gasteiger partial charge in [-0.3, -0.25) is 9.59 Å². The normalized spacial score (nSPS) is 35.0. The first-order valence-corrected chi connectivity index (χ1v) is 8.28. The zero-order chi connectivity index (χ0) is 13.9. The van der Waals surface area contributed by atoms with Crippen LogP contribution in [0.3, 0.4) is 0 Å². The summed E-state index contributed by atoms with van der Waals surface area (Å²) in [7, 11) is 0. The second kappa shape index (κ2) is 6.16. The summed E-state index contributed by atoms with van der Waals surface area (Å²) in [6.45, 7) is 2.47. The number of hydrogen-bond acceptors (Lipinski definition) is 3. The van der Waals surface area contributed by atoms with Crippen molar-refractivity contribution in [3.63, 3.8) is 0 Å². The molecule has 1 aliphatic heterocycles. The second-order valence-corrected chi connectivity index (χ2v) is 7.20. The minimum atomic E-state index is -0.750. The molecule has 0 aromatic carbocycles. The van der Waals surface area contributed by atoms with Crippen molar-refractivity contribution >= 4 is 23.6 Å². The number of hydrogen-bond donors (Lipinski definition) is 2. The molecule has 1 heterocycles. The molecule has 1 atom stereocenters. The molecule has 1 amide bonds. The van der Waals surface area contributed by atoms with E-state index in [1.807, 2.05) is 0 Å². The Morgan fingerprint density at radius 2 is 2.00 bits per heavy atom. The number of carboxylic acids is 1. The van der Waals surface area contributed by atoms with Crippen LogP contribution in [0.1, 0.15) is 39.0 Å². The van der Waals surface area contributed by atoms with Crippen molar-refractivity contribution in [2.75, 3.05) is 18.1 Å². The molecule has 2 aliphatic rings.